The van der Waals surface area contributed by atoms with E-state index in [1.54, 1.807) is 0 Å². The quantitative estimate of drug-likeness (QED) is 0.204. The van der Waals surface area contributed by atoms with Crippen LogP contribution in [0, 0.1) is 0 Å². The second kappa shape index (κ2) is 10.5. The van der Waals surface area contributed by atoms with Crippen molar-refractivity contribution in [3.63, 3.8) is 0 Å². The first-order valence-electron chi connectivity index (χ1n) is 15.0. The predicted molar refractivity (Wildman–Crippen MR) is 189 cm³/mol. The minimum atomic E-state index is 0.658. The Morgan fingerprint density at radius 1 is 0.311 bits per heavy atom. The highest BCUT2D eigenvalue weighted by Crippen LogP contribution is 2.38. The van der Waals surface area contributed by atoms with Crippen LogP contribution in [-0.2, 0) is 0 Å². The van der Waals surface area contributed by atoms with Crippen LogP contribution in [0.15, 0.2) is 152 Å². The van der Waals surface area contributed by atoms with Crippen molar-refractivity contribution < 1.29 is 0 Å². The topological polar surface area (TPSA) is 38.7 Å². The molecule has 4 heteroatoms. The fourth-order valence-electron chi connectivity index (χ4n) is 6.13. The van der Waals surface area contributed by atoms with Gasteiger partial charge in [-0.2, -0.15) is 0 Å². The summed E-state index contributed by atoms with van der Waals surface area (Å²) in [6.07, 6.45) is 0. The smallest absolute Gasteiger partial charge is 0.164 e. The number of hydrogen-bond donors (Lipinski definition) is 0. The van der Waals surface area contributed by atoms with Crippen LogP contribution < -0.4 is 0 Å². The summed E-state index contributed by atoms with van der Waals surface area (Å²) in [6.45, 7) is 0. The Hall–Kier alpha value is -5.71. The first kappa shape index (κ1) is 25.8. The summed E-state index contributed by atoms with van der Waals surface area (Å²) in [5.41, 5.74) is 5.23. The third-order valence-electron chi connectivity index (χ3n) is 8.49. The minimum Gasteiger partial charge on any atom is -0.208 e. The number of benzene rings is 7. The summed E-state index contributed by atoms with van der Waals surface area (Å²) >= 11 is 1.83. The van der Waals surface area contributed by atoms with Crippen LogP contribution in [0.25, 0.3) is 87.0 Å². The summed E-state index contributed by atoms with van der Waals surface area (Å²) in [6, 6.07) is 53.4. The van der Waals surface area contributed by atoms with Crippen LogP contribution >= 0.6 is 11.3 Å². The number of rotatable bonds is 4. The summed E-state index contributed by atoms with van der Waals surface area (Å²) in [5, 5.41) is 7.47. The van der Waals surface area contributed by atoms with E-state index in [0.717, 1.165) is 22.3 Å². The molecule has 0 aliphatic rings. The van der Waals surface area contributed by atoms with E-state index in [0.29, 0.717) is 17.5 Å². The normalized spacial score (nSPS) is 11.6. The molecule has 2 aromatic heterocycles. The lowest BCUT2D eigenvalue weighted by atomic mass is 10.00. The molecule has 0 unspecified atom stereocenters. The molecule has 2 heterocycles. The van der Waals surface area contributed by atoms with Crippen molar-refractivity contribution in [2.45, 2.75) is 0 Å². The minimum absolute atomic E-state index is 0.658. The van der Waals surface area contributed by atoms with E-state index >= 15 is 0 Å². The molecule has 0 N–H and O–H groups in total. The van der Waals surface area contributed by atoms with E-state index in [1.165, 1.54) is 47.3 Å². The highest BCUT2D eigenvalue weighted by molar-refractivity contribution is 7.25. The largest absolute Gasteiger partial charge is 0.208 e. The van der Waals surface area contributed by atoms with Crippen molar-refractivity contribution in [2.24, 2.45) is 0 Å². The molecule has 0 fully saturated rings. The van der Waals surface area contributed by atoms with Gasteiger partial charge in [-0.1, -0.05) is 115 Å². The first-order valence-corrected chi connectivity index (χ1v) is 15.8. The molecular weight excluding hydrogens is 567 g/mol. The number of thiophene rings is 1. The Morgan fingerprint density at radius 2 is 0.822 bits per heavy atom. The van der Waals surface area contributed by atoms with Gasteiger partial charge < -0.3 is 0 Å². The summed E-state index contributed by atoms with van der Waals surface area (Å²) in [5.74, 6) is 1.99. The van der Waals surface area contributed by atoms with E-state index in [1.807, 2.05) is 41.7 Å². The summed E-state index contributed by atoms with van der Waals surface area (Å²) in [4.78, 5) is 15.0. The molecule has 210 valence electrons. The van der Waals surface area contributed by atoms with Gasteiger partial charge in [-0.3, -0.25) is 0 Å². The second-order valence-electron chi connectivity index (χ2n) is 11.3. The lowest BCUT2D eigenvalue weighted by Crippen LogP contribution is -2.00. The highest BCUT2D eigenvalue weighted by Gasteiger charge is 2.15. The molecular formula is C41H25N3S. The number of nitrogens with zero attached hydrogens (tertiary/aromatic N) is 3. The van der Waals surface area contributed by atoms with Crippen molar-refractivity contribution in [3.8, 4) is 45.3 Å². The fourth-order valence-corrected chi connectivity index (χ4v) is 7.25. The molecule has 0 saturated carbocycles. The van der Waals surface area contributed by atoms with Crippen LogP contribution in [0.3, 0.4) is 0 Å². The first-order chi connectivity index (χ1) is 22.2. The number of fused-ring (bicyclic) bond motifs is 5. The number of hydrogen-bond acceptors (Lipinski definition) is 4. The van der Waals surface area contributed by atoms with Crippen LogP contribution in [0.4, 0.5) is 0 Å². The van der Waals surface area contributed by atoms with Crippen molar-refractivity contribution in [3.05, 3.63) is 152 Å². The average Bonchev–Trinajstić information content (AvgIpc) is 3.47. The molecule has 9 aromatic rings. The Bertz CT molecular complexity index is 2530. The molecule has 0 aliphatic heterocycles. The van der Waals surface area contributed by atoms with E-state index in [9.17, 15) is 0 Å². The van der Waals surface area contributed by atoms with Crippen molar-refractivity contribution in [1.82, 2.24) is 15.0 Å². The third kappa shape index (κ3) is 4.64. The molecule has 45 heavy (non-hydrogen) atoms. The van der Waals surface area contributed by atoms with Gasteiger partial charge in [0, 0.05) is 36.9 Å². The molecule has 0 atom stereocenters. The van der Waals surface area contributed by atoms with Gasteiger partial charge in [-0.15, -0.1) is 11.3 Å². The zero-order valence-corrected chi connectivity index (χ0v) is 25.0. The van der Waals surface area contributed by atoms with Crippen molar-refractivity contribution in [2.75, 3.05) is 0 Å². The Morgan fingerprint density at radius 3 is 1.56 bits per heavy atom. The summed E-state index contributed by atoms with van der Waals surface area (Å²) in [7, 11) is 0. The van der Waals surface area contributed by atoms with Crippen LogP contribution in [0.1, 0.15) is 0 Å². The molecule has 0 aliphatic carbocycles. The molecule has 3 nitrogen and oxygen atoms in total. The van der Waals surface area contributed by atoms with E-state index in [2.05, 4.69) is 121 Å². The average molecular weight is 592 g/mol. The maximum Gasteiger partial charge on any atom is 0.164 e. The van der Waals surface area contributed by atoms with Crippen molar-refractivity contribution in [1.29, 1.82) is 0 Å². The van der Waals surface area contributed by atoms with Gasteiger partial charge >= 0.3 is 0 Å². The maximum absolute atomic E-state index is 5.05. The van der Waals surface area contributed by atoms with E-state index < -0.39 is 0 Å². The van der Waals surface area contributed by atoms with Gasteiger partial charge in [-0.05, 0) is 69.1 Å². The predicted octanol–water partition coefficient (Wildman–Crippen LogP) is 11.2. The van der Waals surface area contributed by atoms with E-state index in [-0.39, 0.29) is 0 Å². The van der Waals surface area contributed by atoms with Gasteiger partial charge in [0.2, 0.25) is 0 Å². The van der Waals surface area contributed by atoms with E-state index in [4.69, 9.17) is 15.0 Å². The number of aromatic nitrogens is 3. The Labute approximate surface area is 264 Å². The second-order valence-corrected chi connectivity index (χ2v) is 12.4. The van der Waals surface area contributed by atoms with Gasteiger partial charge in [0.05, 0.1) is 0 Å². The highest BCUT2D eigenvalue weighted by atomic mass is 32.1. The standard InChI is InChI=1S/C41H25N3S/c1-2-9-28(10-3-1)39-42-40(29-17-14-27(15-18-29)33-19-16-26-8-4-5-11-30(26)22-33)44-41(43-39)34-20-21-37-35(24-34)36-23-31-12-6-7-13-32(31)25-38(36)45-37/h1-25H. The van der Waals surface area contributed by atoms with Crippen LogP contribution in [-0.4, -0.2) is 15.0 Å². The zero-order chi connectivity index (χ0) is 29.7. The van der Waals surface area contributed by atoms with Gasteiger partial charge in [0.15, 0.2) is 17.5 Å². The van der Waals surface area contributed by atoms with Crippen LogP contribution in [0.2, 0.25) is 0 Å². The lowest BCUT2D eigenvalue weighted by Gasteiger charge is -2.10. The Balaban J connectivity index is 1.16. The molecule has 9 rings (SSSR count). The zero-order valence-electron chi connectivity index (χ0n) is 24.2. The third-order valence-corrected chi connectivity index (χ3v) is 9.62. The summed E-state index contributed by atoms with van der Waals surface area (Å²) < 4.78 is 2.54. The Kier molecular flexibility index (Phi) is 6.00. The van der Waals surface area contributed by atoms with Gasteiger partial charge in [-0.25, -0.2) is 15.0 Å². The lowest BCUT2D eigenvalue weighted by molar-refractivity contribution is 1.07. The molecule has 0 saturated heterocycles. The molecule has 0 bridgehead atoms. The molecule has 0 radical (unpaired) electrons. The van der Waals surface area contributed by atoms with Gasteiger partial charge in [0.25, 0.3) is 0 Å². The fraction of sp³-hybridized carbons (Fsp3) is 0. The van der Waals surface area contributed by atoms with Gasteiger partial charge in [0.1, 0.15) is 0 Å². The molecule has 0 amide bonds. The van der Waals surface area contributed by atoms with Crippen LogP contribution in [0.5, 0.6) is 0 Å². The monoisotopic (exact) mass is 591 g/mol. The molecule has 0 spiro atoms. The molecule has 7 aromatic carbocycles. The maximum atomic E-state index is 5.05. The SMILES string of the molecule is c1ccc(-c2nc(-c3ccc(-c4ccc5ccccc5c4)cc3)nc(-c3ccc4sc5cc6ccccc6cc5c4c3)n2)cc1. The van der Waals surface area contributed by atoms with Crippen molar-refractivity contribution >= 4 is 53.1 Å².